The Kier molecular flexibility index (Phi) is 10.1. The Morgan fingerprint density at radius 1 is 0.915 bits per heavy atom. The zero-order valence-corrected chi connectivity index (χ0v) is 27.4. The molecule has 47 heavy (non-hydrogen) atoms. The number of nitrogens with zero attached hydrogens (tertiary/aromatic N) is 2. The maximum Gasteiger partial charge on any atom is 0.340 e. The number of methoxy groups -OCH3 is 1. The van der Waals surface area contributed by atoms with Crippen LogP contribution in [0.25, 0.3) is 6.08 Å². The first-order chi connectivity index (χ1) is 22.5. The van der Waals surface area contributed by atoms with E-state index in [-0.39, 0.29) is 41.5 Å². The molecular weight excluding hydrogens is 644 g/mol. The molecule has 242 valence electrons. The van der Waals surface area contributed by atoms with Crippen LogP contribution < -0.4 is 4.90 Å². The molecule has 0 atom stereocenters. The van der Waals surface area contributed by atoms with Gasteiger partial charge in [0.15, 0.2) is 0 Å². The zero-order chi connectivity index (χ0) is 33.7. The van der Waals surface area contributed by atoms with Crippen molar-refractivity contribution >= 4 is 51.2 Å². The van der Waals surface area contributed by atoms with Crippen LogP contribution in [0.5, 0.6) is 0 Å². The molecule has 4 aromatic rings. The van der Waals surface area contributed by atoms with Gasteiger partial charge in [0.05, 0.1) is 41.9 Å². The van der Waals surface area contributed by atoms with Gasteiger partial charge >= 0.3 is 11.9 Å². The first kappa shape index (κ1) is 33.4. The molecule has 1 amide bonds. The molecule has 0 radical (unpaired) electrons. The predicted octanol–water partition coefficient (Wildman–Crippen LogP) is 6.38. The van der Waals surface area contributed by atoms with Crippen LogP contribution in [0.4, 0.5) is 5.69 Å². The summed E-state index contributed by atoms with van der Waals surface area (Å²) in [5.74, 6) is -1.20. The second kappa shape index (κ2) is 14.2. The molecule has 1 aromatic heterocycles. The van der Waals surface area contributed by atoms with E-state index in [4.69, 9.17) is 25.5 Å². The minimum atomic E-state index is -3.94. The summed E-state index contributed by atoms with van der Waals surface area (Å²) in [5, 5.41) is 0.527. The third-order valence-electron chi connectivity index (χ3n) is 7.38. The van der Waals surface area contributed by atoms with E-state index in [1.54, 1.807) is 80.6 Å². The molecule has 10 nitrogen and oxygen atoms in total. The largest absolute Gasteiger partial charge is 0.465 e. The van der Waals surface area contributed by atoms with E-state index >= 15 is 0 Å². The van der Waals surface area contributed by atoms with Crippen LogP contribution in [0.3, 0.4) is 0 Å². The maximum atomic E-state index is 13.8. The number of carbonyl (C=O) groups is 3. The second-order valence-corrected chi connectivity index (χ2v) is 12.8. The lowest BCUT2D eigenvalue weighted by molar-refractivity contribution is -0.136. The van der Waals surface area contributed by atoms with Crippen LogP contribution in [0, 0.1) is 0 Å². The van der Waals surface area contributed by atoms with Gasteiger partial charge in [-0.2, -0.15) is 4.31 Å². The van der Waals surface area contributed by atoms with Crippen molar-refractivity contribution in [1.29, 1.82) is 0 Å². The van der Waals surface area contributed by atoms with E-state index in [2.05, 4.69) is 0 Å². The van der Waals surface area contributed by atoms with Gasteiger partial charge in [-0.25, -0.2) is 18.0 Å². The third kappa shape index (κ3) is 7.22. The van der Waals surface area contributed by atoms with Crippen molar-refractivity contribution in [3.63, 3.8) is 0 Å². The predicted molar refractivity (Wildman–Crippen MR) is 176 cm³/mol. The number of ether oxygens (including phenoxy) is 2. The normalized spacial score (nSPS) is 14.3. The molecule has 0 unspecified atom stereocenters. The highest BCUT2D eigenvalue weighted by molar-refractivity contribution is 7.89. The first-order valence-corrected chi connectivity index (χ1v) is 16.4. The number of carbonyl (C=O) groups excluding carboxylic acids is 3. The summed E-state index contributed by atoms with van der Waals surface area (Å²) in [5.41, 5.74) is 1.86. The molecule has 0 saturated heterocycles. The summed E-state index contributed by atoms with van der Waals surface area (Å²) >= 11 is 6.04. The lowest BCUT2D eigenvalue weighted by Crippen LogP contribution is -2.30. The quantitative estimate of drug-likeness (QED) is 0.133. The second-order valence-electron chi connectivity index (χ2n) is 10.4. The van der Waals surface area contributed by atoms with Crippen molar-refractivity contribution in [2.75, 3.05) is 18.6 Å². The van der Waals surface area contributed by atoms with Gasteiger partial charge in [0.25, 0.3) is 5.91 Å². The van der Waals surface area contributed by atoms with Crippen LogP contribution in [0.15, 0.2) is 117 Å². The monoisotopic (exact) mass is 674 g/mol. The SMILES string of the molecule is CCOC(=O)c1ccc(N2C(=O)/C(=C/c3ccc(CN(Cc4ccc(Cl)cc4)S(=O)(=O)c4ccccc4)o3)C(C(=O)OC)=C2C)cc1. The molecule has 3 aromatic carbocycles. The average molecular weight is 675 g/mol. The average Bonchev–Trinajstić information content (AvgIpc) is 3.62. The Morgan fingerprint density at radius 2 is 1.60 bits per heavy atom. The molecule has 0 spiro atoms. The Balaban J connectivity index is 1.45. The van der Waals surface area contributed by atoms with Crippen LogP contribution in [-0.2, 0) is 42.2 Å². The van der Waals surface area contributed by atoms with Crippen LogP contribution >= 0.6 is 11.6 Å². The van der Waals surface area contributed by atoms with Crippen molar-refractivity contribution in [2.45, 2.75) is 31.8 Å². The minimum absolute atomic E-state index is 0.0275. The van der Waals surface area contributed by atoms with Crippen molar-refractivity contribution in [3.05, 3.63) is 136 Å². The number of esters is 2. The Bertz CT molecular complexity index is 1970. The van der Waals surface area contributed by atoms with Crippen LogP contribution in [0.1, 0.15) is 41.3 Å². The van der Waals surface area contributed by atoms with Gasteiger partial charge < -0.3 is 13.9 Å². The van der Waals surface area contributed by atoms with Gasteiger partial charge in [-0.3, -0.25) is 9.69 Å². The molecule has 2 heterocycles. The lowest BCUT2D eigenvalue weighted by Gasteiger charge is -2.21. The first-order valence-electron chi connectivity index (χ1n) is 14.5. The van der Waals surface area contributed by atoms with Gasteiger partial charge in [-0.1, -0.05) is 41.9 Å². The summed E-state index contributed by atoms with van der Waals surface area (Å²) in [7, 11) is -2.73. The molecule has 12 heteroatoms. The van der Waals surface area contributed by atoms with E-state index in [1.807, 2.05) is 0 Å². The number of hydrogen-bond donors (Lipinski definition) is 0. The summed E-state index contributed by atoms with van der Waals surface area (Å²) < 4.78 is 44.7. The Labute approximate surface area is 277 Å². The van der Waals surface area contributed by atoms with Gasteiger partial charge in [0.1, 0.15) is 11.5 Å². The molecule has 1 aliphatic heterocycles. The Morgan fingerprint density at radius 3 is 2.23 bits per heavy atom. The molecule has 0 aliphatic carbocycles. The topological polar surface area (TPSA) is 123 Å². The number of allylic oxidation sites excluding steroid dienone is 1. The molecule has 5 rings (SSSR count). The van der Waals surface area contributed by atoms with Gasteiger partial charge in [0.2, 0.25) is 10.0 Å². The van der Waals surface area contributed by atoms with E-state index in [9.17, 15) is 22.8 Å². The number of rotatable bonds is 11. The number of amides is 1. The van der Waals surface area contributed by atoms with Crippen molar-refractivity contribution in [3.8, 4) is 0 Å². The molecule has 1 aliphatic rings. The van der Waals surface area contributed by atoms with Crippen molar-refractivity contribution in [2.24, 2.45) is 0 Å². The number of sulfonamides is 1. The van der Waals surface area contributed by atoms with E-state index < -0.39 is 27.9 Å². The Hall–Kier alpha value is -4.97. The highest BCUT2D eigenvalue weighted by Gasteiger charge is 2.38. The molecule has 0 N–H and O–H groups in total. The summed E-state index contributed by atoms with van der Waals surface area (Å²) in [6.07, 6.45) is 1.42. The fourth-order valence-electron chi connectivity index (χ4n) is 5.09. The number of furan rings is 1. The minimum Gasteiger partial charge on any atom is -0.465 e. The van der Waals surface area contributed by atoms with Gasteiger partial charge in [-0.05, 0) is 86.2 Å². The van der Waals surface area contributed by atoms with Crippen LogP contribution in [-0.4, -0.2) is 44.3 Å². The lowest BCUT2D eigenvalue weighted by atomic mass is 10.1. The highest BCUT2D eigenvalue weighted by Crippen LogP contribution is 2.36. The maximum absolute atomic E-state index is 13.8. The highest BCUT2D eigenvalue weighted by atomic mass is 35.5. The van der Waals surface area contributed by atoms with Gasteiger partial charge in [-0.15, -0.1) is 0 Å². The van der Waals surface area contributed by atoms with Crippen LogP contribution in [0.2, 0.25) is 5.02 Å². The smallest absolute Gasteiger partial charge is 0.340 e. The number of halogens is 1. The molecule has 0 fully saturated rings. The summed E-state index contributed by atoms with van der Waals surface area (Å²) in [6, 6.07) is 24.4. The fraction of sp³-hybridized carbons (Fsp3) is 0.171. The fourth-order valence-corrected chi connectivity index (χ4v) is 6.63. The summed E-state index contributed by atoms with van der Waals surface area (Å²) in [6.45, 7) is 3.47. The van der Waals surface area contributed by atoms with E-state index in [0.29, 0.717) is 27.7 Å². The number of hydrogen-bond acceptors (Lipinski definition) is 8. The molecule has 0 bridgehead atoms. The van der Waals surface area contributed by atoms with Crippen molar-refractivity contribution < 1.29 is 36.7 Å². The van der Waals surface area contributed by atoms with E-state index in [0.717, 1.165) is 5.56 Å². The molecule has 0 saturated carbocycles. The van der Waals surface area contributed by atoms with E-state index in [1.165, 1.54) is 46.7 Å². The zero-order valence-electron chi connectivity index (χ0n) is 25.8. The van der Waals surface area contributed by atoms with Gasteiger partial charge in [0, 0.05) is 23.0 Å². The number of benzene rings is 3. The molecular formula is C35H31ClN2O8S. The standard InChI is InChI=1S/C35H31ClN2O8S/c1-4-45-34(40)25-12-16-27(17-13-25)38-23(2)32(35(41)44-3)31(33(38)39)20-28-18-19-29(46-28)22-37(21-24-10-14-26(36)15-11-24)47(42,43)30-8-6-5-7-9-30/h5-20H,4,21-22H2,1-3H3/b31-20+. The third-order valence-corrected chi connectivity index (χ3v) is 9.44. The summed E-state index contributed by atoms with van der Waals surface area (Å²) in [4.78, 5) is 40.2. The van der Waals surface area contributed by atoms with Crippen molar-refractivity contribution in [1.82, 2.24) is 4.31 Å². The number of anilines is 1.